The van der Waals surface area contributed by atoms with Crippen molar-refractivity contribution < 1.29 is 13.9 Å². The lowest BCUT2D eigenvalue weighted by Gasteiger charge is -2.35. The molecule has 2 aromatic carbocycles. The summed E-state index contributed by atoms with van der Waals surface area (Å²) in [5.74, 6) is 1.73. The molecular formula is C23H25NO3. The minimum atomic E-state index is 0.0707. The van der Waals surface area contributed by atoms with Gasteiger partial charge in [0.1, 0.15) is 17.1 Å². The van der Waals surface area contributed by atoms with Crippen molar-refractivity contribution in [3.8, 4) is 17.1 Å². The number of carbonyl (C=O) groups excluding carboxylic acids is 1. The van der Waals surface area contributed by atoms with Crippen molar-refractivity contribution in [2.45, 2.75) is 46.1 Å². The van der Waals surface area contributed by atoms with Gasteiger partial charge in [-0.3, -0.25) is 4.79 Å². The molecule has 4 nitrogen and oxygen atoms in total. The summed E-state index contributed by atoms with van der Waals surface area (Å²) >= 11 is 0. The molecule has 0 fully saturated rings. The molecule has 0 saturated heterocycles. The Labute approximate surface area is 159 Å². The number of nitrogens with zero attached hydrogens (tertiary/aromatic N) is 1. The minimum Gasteiger partial charge on any atom is -0.492 e. The van der Waals surface area contributed by atoms with Gasteiger partial charge in [0.05, 0.1) is 17.9 Å². The number of carbonyl (C=O) groups is 1. The molecule has 1 aliphatic rings. The molecule has 140 valence electrons. The summed E-state index contributed by atoms with van der Waals surface area (Å²) in [7, 11) is 0. The van der Waals surface area contributed by atoms with E-state index in [0.29, 0.717) is 6.61 Å². The first-order valence-corrected chi connectivity index (χ1v) is 9.67. The summed E-state index contributed by atoms with van der Waals surface area (Å²) in [5.41, 5.74) is 3.89. The van der Waals surface area contributed by atoms with Crippen molar-refractivity contribution in [3.63, 3.8) is 0 Å². The first-order chi connectivity index (χ1) is 13.1. The Kier molecular flexibility index (Phi) is 4.65. The summed E-state index contributed by atoms with van der Waals surface area (Å²) in [6.07, 6.45) is 2.75. The maximum absolute atomic E-state index is 12.2. The molecule has 1 aromatic heterocycles. The number of fused-ring (bicyclic) bond motifs is 2. The van der Waals surface area contributed by atoms with Crippen molar-refractivity contribution in [1.82, 2.24) is 0 Å². The molecule has 0 N–H and O–H groups in total. The average molecular weight is 363 g/mol. The number of hydrogen-bond acceptors (Lipinski definition) is 3. The van der Waals surface area contributed by atoms with Crippen LogP contribution in [0.2, 0.25) is 0 Å². The van der Waals surface area contributed by atoms with Gasteiger partial charge in [-0.1, -0.05) is 25.1 Å². The predicted molar refractivity (Wildman–Crippen MR) is 108 cm³/mol. The van der Waals surface area contributed by atoms with Gasteiger partial charge >= 0.3 is 0 Å². The lowest BCUT2D eigenvalue weighted by atomic mass is 9.93. The summed E-state index contributed by atoms with van der Waals surface area (Å²) in [4.78, 5) is 14.1. The van der Waals surface area contributed by atoms with Crippen LogP contribution in [0.5, 0.6) is 5.75 Å². The molecule has 4 rings (SSSR count). The molecule has 1 amide bonds. The fourth-order valence-electron chi connectivity index (χ4n) is 3.96. The molecule has 1 aliphatic heterocycles. The van der Waals surface area contributed by atoms with Crippen molar-refractivity contribution >= 4 is 22.6 Å². The van der Waals surface area contributed by atoms with Crippen LogP contribution in [0.25, 0.3) is 22.3 Å². The van der Waals surface area contributed by atoms with Gasteiger partial charge in [0.15, 0.2) is 0 Å². The number of benzene rings is 2. The van der Waals surface area contributed by atoms with Crippen LogP contribution in [0.15, 0.2) is 46.9 Å². The molecule has 27 heavy (non-hydrogen) atoms. The number of para-hydroxylation sites is 1. The zero-order valence-electron chi connectivity index (χ0n) is 16.1. The van der Waals surface area contributed by atoms with Gasteiger partial charge in [-0.25, -0.2) is 0 Å². The number of hydrogen-bond donors (Lipinski definition) is 0. The van der Waals surface area contributed by atoms with E-state index in [4.69, 9.17) is 9.15 Å². The molecule has 1 unspecified atom stereocenters. The Morgan fingerprint density at radius 2 is 2.07 bits per heavy atom. The maximum Gasteiger partial charge on any atom is 0.224 e. The predicted octanol–water partition coefficient (Wildman–Crippen LogP) is 5.58. The van der Waals surface area contributed by atoms with Crippen molar-refractivity contribution in [2.24, 2.45) is 0 Å². The standard InChI is InChI=1S/C23H25NO3/c1-4-13-26-23-18-10-9-15(2)24(16(3)25)20(18)12-11-19(23)22-14-17-7-5-6-8-21(17)27-22/h5-8,11-12,14-15H,4,9-10,13H2,1-3H3. The fraction of sp³-hybridized carbons (Fsp3) is 0.348. The highest BCUT2D eigenvalue weighted by Crippen LogP contribution is 2.44. The van der Waals surface area contributed by atoms with Gasteiger partial charge in [0.2, 0.25) is 5.91 Å². The molecule has 3 aromatic rings. The lowest BCUT2D eigenvalue weighted by molar-refractivity contribution is -0.117. The van der Waals surface area contributed by atoms with Crippen LogP contribution in [-0.2, 0) is 11.2 Å². The third-order valence-electron chi connectivity index (χ3n) is 5.23. The highest BCUT2D eigenvalue weighted by Gasteiger charge is 2.30. The summed E-state index contributed by atoms with van der Waals surface area (Å²) in [5, 5.41) is 1.07. The molecule has 1 atom stereocenters. The zero-order valence-corrected chi connectivity index (χ0v) is 16.1. The molecule has 0 aliphatic carbocycles. The Balaban J connectivity index is 1.88. The van der Waals surface area contributed by atoms with Crippen LogP contribution in [0, 0.1) is 0 Å². The van der Waals surface area contributed by atoms with E-state index in [1.54, 1.807) is 6.92 Å². The summed E-state index contributed by atoms with van der Waals surface area (Å²) in [6.45, 7) is 6.47. The molecule has 4 heteroatoms. The van der Waals surface area contributed by atoms with E-state index in [-0.39, 0.29) is 11.9 Å². The molecule has 0 saturated carbocycles. The summed E-state index contributed by atoms with van der Waals surface area (Å²) < 4.78 is 12.3. The normalized spacial score (nSPS) is 16.4. The Morgan fingerprint density at radius 3 is 2.81 bits per heavy atom. The summed E-state index contributed by atoms with van der Waals surface area (Å²) in [6, 6.07) is 14.3. The fourth-order valence-corrected chi connectivity index (χ4v) is 3.96. The van der Waals surface area contributed by atoms with Gasteiger partial charge in [-0.05, 0) is 50.5 Å². The number of ether oxygens (including phenoxy) is 1. The Morgan fingerprint density at radius 1 is 1.26 bits per heavy atom. The van der Waals surface area contributed by atoms with Gasteiger partial charge in [0, 0.05) is 23.9 Å². The van der Waals surface area contributed by atoms with Crippen LogP contribution >= 0.6 is 0 Å². The van der Waals surface area contributed by atoms with Crippen LogP contribution < -0.4 is 9.64 Å². The second-order valence-corrected chi connectivity index (χ2v) is 7.21. The van der Waals surface area contributed by atoms with E-state index in [9.17, 15) is 4.79 Å². The first-order valence-electron chi connectivity index (χ1n) is 9.67. The average Bonchev–Trinajstić information content (AvgIpc) is 3.09. The number of amides is 1. The van der Waals surface area contributed by atoms with Gasteiger partial charge in [0.25, 0.3) is 0 Å². The smallest absolute Gasteiger partial charge is 0.224 e. The number of anilines is 1. The van der Waals surface area contributed by atoms with Crippen LogP contribution in [0.3, 0.4) is 0 Å². The largest absolute Gasteiger partial charge is 0.492 e. The lowest BCUT2D eigenvalue weighted by Crippen LogP contribution is -2.40. The van der Waals surface area contributed by atoms with E-state index >= 15 is 0 Å². The third kappa shape index (κ3) is 3.09. The third-order valence-corrected chi connectivity index (χ3v) is 5.23. The van der Waals surface area contributed by atoms with E-state index < -0.39 is 0 Å². The minimum absolute atomic E-state index is 0.0707. The number of furan rings is 1. The van der Waals surface area contributed by atoms with E-state index in [2.05, 4.69) is 19.9 Å². The van der Waals surface area contributed by atoms with Crippen LogP contribution in [0.4, 0.5) is 5.69 Å². The SMILES string of the molecule is CCCOc1c(-c2cc3ccccc3o2)ccc2c1CCC(C)N2C(C)=O. The topological polar surface area (TPSA) is 42.7 Å². The molecule has 2 heterocycles. The van der Waals surface area contributed by atoms with Gasteiger partial charge < -0.3 is 14.1 Å². The Hall–Kier alpha value is -2.75. The highest BCUT2D eigenvalue weighted by molar-refractivity contribution is 5.95. The molecule has 0 radical (unpaired) electrons. The second kappa shape index (κ2) is 7.10. The van der Waals surface area contributed by atoms with Crippen molar-refractivity contribution in [1.29, 1.82) is 0 Å². The van der Waals surface area contributed by atoms with Gasteiger partial charge in [-0.2, -0.15) is 0 Å². The quantitative estimate of drug-likeness (QED) is 0.608. The van der Waals surface area contributed by atoms with E-state index in [0.717, 1.165) is 58.6 Å². The molecular weight excluding hydrogens is 338 g/mol. The van der Waals surface area contributed by atoms with Gasteiger partial charge in [-0.15, -0.1) is 0 Å². The maximum atomic E-state index is 12.2. The zero-order chi connectivity index (χ0) is 19.0. The van der Waals surface area contributed by atoms with Crippen molar-refractivity contribution in [3.05, 3.63) is 48.0 Å². The van der Waals surface area contributed by atoms with E-state index in [1.165, 1.54) is 0 Å². The first kappa shape index (κ1) is 17.7. The van der Waals surface area contributed by atoms with Crippen molar-refractivity contribution in [2.75, 3.05) is 11.5 Å². The molecule has 0 bridgehead atoms. The Bertz CT molecular complexity index is 955. The second-order valence-electron chi connectivity index (χ2n) is 7.21. The highest BCUT2D eigenvalue weighted by atomic mass is 16.5. The van der Waals surface area contributed by atoms with Crippen LogP contribution in [0.1, 0.15) is 39.2 Å². The van der Waals surface area contributed by atoms with Crippen LogP contribution in [-0.4, -0.2) is 18.6 Å². The van der Waals surface area contributed by atoms with E-state index in [1.807, 2.05) is 41.3 Å². The monoisotopic (exact) mass is 363 g/mol. The number of rotatable bonds is 4. The molecule has 0 spiro atoms.